The van der Waals surface area contributed by atoms with E-state index in [-0.39, 0.29) is 18.4 Å². The molecule has 0 bridgehead atoms. The molecule has 1 unspecified atom stereocenters. The average Bonchev–Trinajstić information content (AvgIpc) is 2.78. The highest BCUT2D eigenvalue weighted by Crippen LogP contribution is 2.29. The minimum atomic E-state index is -0.332. The quantitative estimate of drug-likeness (QED) is 0.885. The molecule has 1 aromatic carbocycles. The molecule has 0 fully saturated rings. The Hall–Kier alpha value is -1.52. The van der Waals surface area contributed by atoms with Crippen LogP contribution in [0.1, 0.15) is 23.4 Å². The van der Waals surface area contributed by atoms with Crippen LogP contribution in [-0.4, -0.2) is 5.91 Å². The molecule has 0 aliphatic heterocycles. The van der Waals surface area contributed by atoms with Crippen molar-refractivity contribution in [1.82, 2.24) is 0 Å². The highest BCUT2D eigenvalue weighted by molar-refractivity contribution is 7.16. The number of anilines is 1. The van der Waals surface area contributed by atoms with Crippen LogP contribution < -0.4 is 11.1 Å². The Labute approximate surface area is 121 Å². The van der Waals surface area contributed by atoms with Crippen molar-refractivity contribution in [3.8, 4) is 0 Å². The van der Waals surface area contributed by atoms with Gasteiger partial charge in [0.25, 0.3) is 0 Å². The molecule has 3 nitrogen and oxygen atoms in total. The summed E-state index contributed by atoms with van der Waals surface area (Å²) >= 11 is 7.48. The van der Waals surface area contributed by atoms with Gasteiger partial charge in [-0.25, -0.2) is 0 Å². The SMILES string of the molecule is CC(Nc1ccccc1CC(N)=O)c1ccc(Cl)s1. The van der Waals surface area contributed by atoms with E-state index in [0.29, 0.717) is 0 Å². The molecule has 19 heavy (non-hydrogen) atoms. The molecule has 0 aliphatic rings. The number of nitrogens with one attached hydrogen (secondary N) is 1. The molecule has 1 aromatic heterocycles. The van der Waals surface area contributed by atoms with Gasteiger partial charge in [0.15, 0.2) is 0 Å². The van der Waals surface area contributed by atoms with Gasteiger partial charge in [0, 0.05) is 10.6 Å². The standard InChI is InChI=1S/C14H15ClN2OS/c1-9(12-6-7-13(15)19-12)17-11-5-3-2-4-10(11)8-14(16)18/h2-7,9,17H,8H2,1H3,(H2,16,18). The van der Waals surface area contributed by atoms with Gasteiger partial charge in [-0.2, -0.15) is 0 Å². The van der Waals surface area contributed by atoms with Crippen molar-refractivity contribution in [2.45, 2.75) is 19.4 Å². The number of halogens is 1. The number of hydrogen-bond donors (Lipinski definition) is 2. The molecular weight excluding hydrogens is 280 g/mol. The lowest BCUT2D eigenvalue weighted by Gasteiger charge is -2.16. The van der Waals surface area contributed by atoms with E-state index in [9.17, 15) is 4.79 Å². The normalized spacial score (nSPS) is 12.1. The third kappa shape index (κ3) is 3.72. The first-order valence-electron chi connectivity index (χ1n) is 5.94. The van der Waals surface area contributed by atoms with E-state index in [1.165, 1.54) is 0 Å². The zero-order valence-electron chi connectivity index (χ0n) is 10.5. The predicted molar refractivity (Wildman–Crippen MR) is 80.7 cm³/mol. The second kappa shape index (κ2) is 6.08. The minimum Gasteiger partial charge on any atom is -0.377 e. The van der Waals surface area contributed by atoms with Crippen molar-refractivity contribution in [2.24, 2.45) is 5.73 Å². The van der Waals surface area contributed by atoms with Crippen LogP contribution in [0.2, 0.25) is 4.34 Å². The number of hydrogen-bond acceptors (Lipinski definition) is 3. The Kier molecular flexibility index (Phi) is 4.45. The molecule has 0 saturated carbocycles. The number of benzene rings is 1. The lowest BCUT2D eigenvalue weighted by atomic mass is 10.1. The van der Waals surface area contributed by atoms with Crippen LogP contribution in [0.25, 0.3) is 0 Å². The van der Waals surface area contributed by atoms with Crippen LogP contribution in [0.5, 0.6) is 0 Å². The number of primary amides is 1. The summed E-state index contributed by atoms with van der Waals surface area (Å²) in [6.07, 6.45) is 0.237. The van der Waals surface area contributed by atoms with Crippen LogP contribution in [0.4, 0.5) is 5.69 Å². The third-order valence-electron chi connectivity index (χ3n) is 2.77. The van der Waals surface area contributed by atoms with Crippen molar-refractivity contribution in [3.63, 3.8) is 0 Å². The summed E-state index contributed by atoms with van der Waals surface area (Å²) in [6.45, 7) is 2.06. The molecule has 0 radical (unpaired) electrons. The average molecular weight is 295 g/mol. The summed E-state index contributed by atoms with van der Waals surface area (Å²) in [4.78, 5) is 12.2. The largest absolute Gasteiger partial charge is 0.377 e. The van der Waals surface area contributed by atoms with Gasteiger partial charge in [0.1, 0.15) is 0 Å². The van der Waals surface area contributed by atoms with Crippen molar-refractivity contribution in [2.75, 3.05) is 5.32 Å². The van der Waals surface area contributed by atoms with E-state index >= 15 is 0 Å². The Morgan fingerprint density at radius 1 is 1.37 bits per heavy atom. The van der Waals surface area contributed by atoms with Crippen LogP contribution in [0, 0.1) is 0 Å². The van der Waals surface area contributed by atoms with Crippen molar-refractivity contribution >= 4 is 34.5 Å². The third-order valence-corrected chi connectivity index (χ3v) is 4.19. The first-order valence-corrected chi connectivity index (χ1v) is 7.13. The Morgan fingerprint density at radius 2 is 2.11 bits per heavy atom. The van der Waals surface area contributed by atoms with E-state index in [1.54, 1.807) is 11.3 Å². The van der Waals surface area contributed by atoms with Gasteiger partial charge in [-0.3, -0.25) is 4.79 Å². The van der Waals surface area contributed by atoms with E-state index in [4.69, 9.17) is 17.3 Å². The summed E-state index contributed by atoms with van der Waals surface area (Å²) in [7, 11) is 0. The minimum absolute atomic E-state index is 0.131. The second-order valence-corrected chi connectivity index (χ2v) is 6.05. The predicted octanol–water partition coefficient (Wildman–Crippen LogP) is 3.60. The van der Waals surface area contributed by atoms with Crippen molar-refractivity contribution < 1.29 is 4.79 Å². The van der Waals surface area contributed by atoms with Gasteiger partial charge in [-0.1, -0.05) is 29.8 Å². The number of carbonyl (C=O) groups is 1. The molecule has 1 amide bonds. The van der Waals surface area contributed by atoms with E-state index in [2.05, 4.69) is 12.2 Å². The van der Waals surface area contributed by atoms with Crippen LogP contribution in [-0.2, 0) is 11.2 Å². The topological polar surface area (TPSA) is 55.1 Å². The Morgan fingerprint density at radius 3 is 2.74 bits per heavy atom. The lowest BCUT2D eigenvalue weighted by molar-refractivity contribution is -0.117. The Balaban J connectivity index is 2.16. The zero-order chi connectivity index (χ0) is 13.8. The van der Waals surface area contributed by atoms with Gasteiger partial charge >= 0.3 is 0 Å². The molecule has 1 atom stereocenters. The first kappa shape index (κ1) is 13.9. The van der Waals surface area contributed by atoms with Crippen LogP contribution >= 0.6 is 22.9 Å². The number of para-hydroxylation sites is 1. The summed E-state index contributed by atoms with van der Waals surface area (Å²) in [5, 5.41) is 3.39. The van der Waals surface area contributed by atoms with E-state index in [1.807, 2.05) is 36.4 Å². The monoisotopic (exact) mass is 294 g/mol. The fraction of sp³-hybridized carbons (Fsp3) is 0.214. The molecule has 5 heteroatoms. The number of amides is 1. The zero-order valence-corrected chi connectivity index (χ0v) is 12.1. The molecule has 0 aliphatic carbocycles. The maximum Gasteiger partial charge on any atom is 0.221 e. The van der Waals surface area contributed by atoms with Crippen LogP contribution in [0.3, 0.4) is 0 Å². The van der Waals surface area contributed by atoms with Gasteiger partial charge in [0.2, 0.25) is 5.91 Å². The number of nitrogens with two attached hydrogens (primary N) is 1. The highest BCUT2D eigenvalue weighted by Gasteiger charge is 2.11. The fourth-order valence-electron chi connectivity index (χ4n) is 1.87. The molecule has 3 N–H and O–H groups in total. The fourth-order valence-corrected chi connectivity index (χ4v) is 2.93. The molecule has 1 heterocycles. The molecule has 0 saturated heterocycles. The lowest BCUT2D eigenvalue weighted by Crippen LogP contribution is -2.15. The first-order chi connectivity index (χ1) is 9.06. The molecule has 0 spiro atoms. The van der Waals surface area contributed by atoms with Crippen molar-refractivity contribution in [3.05, 3.63) is 51.2 Å². The van der Waals surface area contributed by atoms with Gasteiger partial charge in [0.05, 0.1) is 16.8 Å². The van der Waals surface area contributed by atoms with Gasteiger partial charge in [-0.05, 0) is 30.7 Å². The molecule has 2 rings (SSSR count). The second-order valence-electron chi connectivity index (χ2n) is 4.31. The molecular formula is C14H15ClN2OS. The number of thiophene rings is 1. The van der Waals surface area contributed by atoms with E-state index < -0.39 is 0 Å². The smallest absolute Gasteiger partial charge is 0.221 e. The van der Waals surface area contributed by atoms with Gasteiger partial charge in [-0.15, -0.1) is 11.3 Å². The van der Waals surface area contributed by atoms with Crippen molar-refractivity contribution in [1.29, 1.82) is 0 Å². The highest BCUT2D eigenvalue weighted by atomic mass is 35.5. The summed E-state index contributed by atoms with van der Waals surface area (Å²) in [5.41, 5.74) is 7.09. The summed E-state index contributed by atoms with van der Waals surface area (Å²) < 4.78 is 0.772. The summed E-state index contributed by atoms with van der Waals surface area (Å²) in [5.74, 6) is -0.332. The maximum atomic E-state index is 11.1. The number of carbonyl (C=O) groups excluding carboxylic acids is 1. The Bertz CT molecular complexity index is 582. The molecule has 100 valence electrons. The maximum absolute atomic E-state index is 11.1. The van der Waals surface area contributed by atoms with Gasteiger partial charge < -0.3 is 11.1 Å². The molecule has 2 aromatic rings. The van der Waals surface area contributed by atoms with Crippen LogP contribution in [0.15, 0.2) is 36.4 Å². The summed E-state index contributed by atoms with van der Waals surface area (Å²) in [6, 6.07) is 11.7. The van der Waals surface area contributed by atoms with E-state index in [0.717, 1.165) is 20.5 Å². The number of rotatable bonds is 5.